The van der Waals surface area contributed by atoms with E-state index in [9.17, 15) is 0 Å². The highest BCUT2D eigenvalue weighted by molar-refractivity contribution is 5.69. The van der Waals surface area contributed by atoms with Crippen molar-refractivity contribution >= 4 is 0 Å². The van der Waals surface area contributed by atoms with E-state index in [1.807, 2.05) is 41.2 Å². The maximum absolute atomic E-state index is 5.15. The van der Waals surface area contributed by atoms with E-state index in [2.05, 4.69) is 21.1 Å². The van der Waals surface area contributed by atoms with Gasteiger partial charge < -0.3 is 9.47 Å². The SMILES string of the molecule is COCCn1ccc(-c2cccc(-c3cc(OC)ncn3)c2)n1. The normalized spacial score (nSPS) is 10.7. The number of rotatable bonds is 6. The standard InChI is InChI=1S/C17H18N4O2/c1-22-9-8-21-7-6-15(20-21)13-4-3-5-14(10-13)16-11-17(23-2)19-12-18-16/h3-7,10-12H,8-9H2,1-2H3. The monoisotopic (exact) mass is 310 g/mol. The van der Waals surface area contributed by atoms with Crippen LogP contribution in [0.25, 0.3) is 22.5 Å². The van der Waals surface area contributed by atoms with Gasteiger partial charge in [0.05, 0.1) is 31.6 Å². The predicted octanol–water partition coefficient (Wildman–Crippen LogP) is 2.66. The van der Waals surface area contributed by atoms with Crippen LogP contribution >= 0.6 is 0 Å². The molecule has 3 rings (SSSR count). The number of aromatic nitrogens is 4. The van der Waals surface area contributed by atoms with Gasteiger partial charge in [-0.05, 0) is 12.1 Å². The largest absolute Gasteiger partial charge is 0.481 e. The Morgan fingerprint density at radius 3 is 2.61 bits per heavy atom. The van der Waals surface area contributed by atoms with Gasteiger partial charge in [-0.2, -0.15) is 5.10 Å². The van der Waals surface area contributed by atoms with E-state index in [0.29, 0.717) is 12.5 Å². The van der Waals surface area contributed by atoms with Crippen molar-refractivity contribution in [2.75, 3.05) is 20.8 Å². The summed E-state index contributed by atoms with van der Waals surface area (Å²) in [7, 11) is 3.28. The molecule has 2 heterocycles. The van der Waals surface area contributed by atoms with Crippen LogP contribution in [0, 0.1) is 0 Å². The topological polar surface area (TPSA) is 62.1 Å². The van der Waals surface area contributed by atoms with Crippen molar-refractivity contribution in [3.05, 3.63) is 48.9 Å². The van der Waals surface area contributed by atoms with Gasteiger partial charge in [0.15, 0.2) is 0 Å². The van der Waals surface area contributed by atoms with E-state index in [1.54, 1.807) is 14.2 Å². The number of hydrogen-bond acceptors (Lipinski definition) is 5. The molecule has 0 atom stereocenters. The minimum atomic E-state index is 0.546. The summed E-state index contributed by atoms with van der Waals surface area (Å²) >= 11 is 0. The molecule has 0 radical (unpaired) electrons. The molecule has 0 saturated carbocycles. The lowest BCUT2D eigenvalue weighted by Gasteiger charge is -2.05. The van der Waals surface area contributed by atoms with Crippen LogP contribution in [0.3, 0.4) is 0 Å². The Morgan fingerprint density at radius 1 is 1.00 bits per heavy atom. The maximum atomic E-state index is 5.15. The molecule has 23 heavy (non-hydrogen) atoms. The molecule has 0 spiro atoms. The highest BCUT2D eigenvalue weighted by atomic mass is 16.5. The van der Waals surface area contributed by atoms with Crippen LogP contribution in [0.5, 0.6) is 5.88 Å². The fraction of sp³-hybridized carbons (Fsp3) is 0.235. The van der Waals surface area contributed by atoms with Gasteiger partial charge in [0.25, 0.3) is 0 Å². The number of benzene rings is 1. The molecule has 0 aliphatic heterocycles. The fourth-order valence-electron chi connectivity index (χ4n) is 2.27. The van der Waals surface area contributed by atoms with E-state index in [-0.39, 0.29) is 0 Å². The first-order valence-electron chi connectivity index (χ1n) is 7.29. The summed E-state index contributed by atoms with van der Waals surface area (Å²) in [6.07, 6.45) is 3.45. The molecule has 6 heteroatoms. The molecule has 6 nitrogen and oxygen atoms in total. The van der Waals surface area contributed by atoms with Crippen molar-refractivity contribution in [2.45, 2.75) is 6.54 Å². The molecule has 0 fully saturated rings. The molecule has 1 aromatic carbocycles. The molecule has 0 unspecified atom stereocenters. The lowest BCUT2D eigenvalue weighted by molar-refractivity contribution is 0.183. The lowest BCUT2D eigenvalue weighted by Crippen LogP contribution is -2.04. The van der Waals surface area contributed by atoms with Crippen LogP contribution in [0.1, 0.15) is 0 Å². The number of hydrogen-bond donors (Lipinski definition) is 0. The predicted molar refractivity (Wildman–Crippen MR) is 87.1 cm³/mol. The maximum Gasteiger partial charge on any atom is 0.216 e. The van der Waals surface area contributed by atoms with Crippen molar-refractivity contribution in [1.82, 2.24) is 19.7 Å². The van der Waals surface area contributed by atoms with Gasteiger partial charge in [0.1, 0.15) is 6.33 Å². The van der Waals surface area contributed by atoms with Crippen molar-refractivity contribution < 1.29 is 9.47 Å². The van der Waals surface area contributed by atoms with E-state index < -0.39 is 0 Å². The van der Waals surface area contributed by atoms with E-state index in [4.69, 9.17) is 9.47 Å². The van der Waals surface area contributed by atoms with Gasteiger partial charge in [0.2, 0.25) is 5.88 Å². The molecule has 0 amide bonds. The first-order chi connectivity index (χ1) is 11.3. The Kier molecular flexibility index (Phi) is 4.63. The average molecular weight is 310 g/mol. The summed E-state index contributed by atoms with van der Waals surface area (Å²) in [5.41, 5.74) is 3.77. The molecule has 0 saturated heterocycles. The van der Waals surface area contributed by atoms with Gasteiger partial charge >= 0.3 is 0 Å². The third-order valence-corrected chi connectivity index (χ3v) is 3.47. The highest BCUT2D eigenvalue weighted by Gasteiger charge is 2.07. The third-order valence-electron chi connectivity index (χ3n) is 3.47. The quantitative estimate of drug-likeness (QED) is 0.700. The first kappa shape index (κ1) is 15.2. The zero-order valence-corrected chi connectivity index (χ0v) is 13.1. The first-order valence-corrected chi connectivity index (χ1v) is 7.29. The molecule has 0 aliphatic carbocycles. The molecular formula is C17H18N4O2. The van der Waals surface area contributed by atoms with Gasteiger partial charge in [-0.1, -0.05) is 18.2 Å². The van der Waals surface area contributed by atoms with Gasteiger partial charge in [0, 0.05) is 30.5 Å². The van der Waals surface area contributed by atoms with Crippen molar-refractivity contribution in [3.63, 3.8) is 0 Å². The second kappa shape index (κ2) is 7.02. The number of nitrogens with zero attached hydrogens (tertiary/aromatic N) is 4. The average Bonchev–Trinajstić information content (AvgIpc) is 3.09. The number of ether oxygens (including phenoxy) is 2. The Labute approximate surface area is 134 Å². The Morgan fingerprint density at radius 2 is 1.83 bits per heavy atom. The Hall–Kier alpha value is -2.73. The second-order valence-corrected chi connectivity index (χ2v) is 4.98. The van der Waals surface area contributed by atoms with Gasteiger partial charge in [-0.3, -0.25) is 4.68 Å². The smallest absolute Gasteiger partial charge is 0.216 e. The van der Waals surface area contributed by atoms with Crippen LogP contribution in [0.15, 0.2) is 48.9 Å². The van der Waals surface area contributed by atoms with E-state index in [0.717, 1.165) is 29.1 Å². The lowest BCUT2D eigenvalue weighted by atomic mass is 10.1. The summed E-state index contributed by atoms with van der Waals surface area (Å²) in [5.74, 6) is 0.546. The minimum Gasteiger partial charge on any atom is -0.481 e. The van der Waals surface area contributed by atoms with Crippen molar-refractivity contribution in [3.8, 4) is 28.4 Å². The van der Waals surface area contributed by atoms with E-state index >= 15 is 0 Å². The van der Waals surface area contributed by atoms with Crippen LogP contribution in [0.4, 0.5) is 0 Å². The third kappa shape index (κ3) is 3.54. The van der Waals surface area contributed by atoms with E-state index in [1.165, 1.54) is 6.33 Å². The Balaban J connectivity index is 1.88. The molecule has 0 aliphatic rings. The van der Waals surface area contributed by atoms with Gasteiger partial charge in [-0.15, -0.1) is 0 Å². The molecule has 3 aromatic rings. The molecule has 118 valence electrons. The summed E-state index contributed by atoms with van der Waals surface area (Å²) in [6.45, 7) is 1.38. The van der Waals surface area contributed by atoms with Crippen LogP contribution in [0.2, 0.25) is 0 Å². The van der Waals surface area contributed by atoms with Crippen LogP contribution in [-0.4, -0.2) is 40.6 Å². The zero-order chi connectivity index (χ0) is 16.1. The summed E-state index contributed by atoms with van der Waals surface area (Å²) in [5, 5.41) is 4.57. The second-order valence-electron chi connectivity index (χ2n) is 4.98. The molecule has 0 N–H and O–H groups in total. The van der Waals surface area contributed by atoms with Gasteiger partial charge in [-0.25, -0.2) is 9.97 Å². The van der Waals surface area contributed by atoms with Crippen LogP contribution < -0.4 is 4.74 Å². The summed E-state index contributed by atoms with van der Waals surface area (Å²) in [4.78, 5) is 8.34. The van der Waals surface area contributed by atoms with Crippen molar-refractivity contribution in [1.29, 1.82) is 0 Å². The summed E-state index contributed by atoms with van der Waals surface area (Å²) < 4.78 is 12.1. The molecule has 2 aromatic heterocycles. The molecular weight excluding hydrogens is 292 g/mol. The fourth-order valence-corrected chi connectivity index (χ4v) is 2.27. The summed E-state index contributed by atoms with van der Waals surface area (Å²) in [6, 6.07) is 11.9. The zero-order valence-electron chi connectivity index (χ0n) is 13.1. The highest BCUT2D eigenvalue weighted by Crippen LogP contribution is 2.25. The molecule has 0 bridgehead atoms. The minimum absolute atomic E-state index is 0.546. The number of methoxy groups -OCH3 is 2. The van der Waals surface area contributed by atoms with Crippen molar-refractivity contribution in [2.24, 2.45) is 0 Å². The van der Waals surface area contributed by atoms with Crippen LogP contribution in [-0.2, 0) is 11.3 Å². The Bertz CT molecular complexity index is 786.